The third kappa shape index (κ3) is 9.01. The van der Waals surface area contributed by atoms with E-state index in [1.807, 2.05) is 39.8 Å². The first-order chi connectivity index (χ1) is 25.3. The van der Waals surface area contributed by atoms with Gasteiger partial charge in [-0.2, -0.15) is 5.26 Å². The summed E-state index contributed by atoms with van der Waals surface area (Å²) in [5, 5.41) is 12.8. The van der Waals surface area contributed by atoms with Crippen molar-refractivity contribution in [3.63, 3.8) is 0 Å². The molecule has 2 saturated heterocycles. The van der Waals surface area contributed by atoms with Gasteiger partial charge in [-0.3, -0.25) is 15.1 Å². The number of ether oxygens (including phenoxy) is 4. The number of nitrogens with one attached hydrogen (secondary N) is 1. The average Bonchev–Trinajstić information content (AvgIpc) is 3.35. The lowest BCUT2D eigenvalue weighted by Gasteiger charge is -2.29. The monoisotopic (exact) mass is 716 g/mol. The van der Waals surface area contributed by atoms with Crippen LogP contribution >= 0.6 is 0 Å². The fourth-order valence-electron chi connectivity index (χ4n) is 7.66. The molecule has 1 N–H and O–H groups in total. The number of hydrogen-bond donors (Lipinski definition) is 1. The van der Waals surface area contributed by atoms with Crippen molar-refractivity contribution < 1.29 is 23.7 Å². The molecule has 2 aliphatic heterocycles. The number of cyclic esters (lactones) is 1. The summed E-state index contributed by atoms with van der Waals surface area (Å²) in [5.41, 5.74) is 7.39. The Morgan fingerprint density at radius 3 is 2.42 bits per heavy atom. The molecule has 278 valence electrons. The lowest BCUT2D eigenvalue weighted by atomic mass is 9.91. The van der Waals surface area contributed by atoms with Crippen LogP contribution in [0.2, 0.25) is 0 Å². The van der Waals surface area contributed by atoms with Gasteiger partial charge >= 0.3 is 5.97 Å². The van der Waals surface area contributed by atoms with Crippen LogP contribution in [0, 0.1) is 38.0 Å². The molecular formula is C44H52N4O5. The number of rotatable bonds is 13. The predicted molar refractivity (Wildman–Crippen MR) is 206 cm³/mol. The number of nitrogens with zero attached hydrogens (tertiary/aromatic N) is 3. The van der Waals surface area contributed by atoms with E-state index in [1.165, 1.54) is 19.0 Å². The maximum atomic E-state index is 12.8. The Labute approximate surface area is 314 Å². The summed E-state index contributed by atoms with van der Waals surface area (Å²) in [5.74, 6) is 2.54. The first-order valence-electron chi connectivity index (χ1n) is 18.6. The van der Waals surface area contributed by atoms with Crippen LogP contribution in [0.4, 0.5) is 0 Å². The zero-order valence-electron chi connectivity index (χ0n) is 32.2. The van der Waals surface area contributed by atoms with Gasteiger partial charge in [-0.15, -0.1) is 0 Å². The summed E-state index contributed by atoms with van der Waals surface area (Å²) >= 11 is 0. The first kappa shape index (κ1) is 37.8. The molecule has 2 aliphatic rings. The van der Waals surface area contributed by atoms with Crippen LogP contribution in [0.15, 0.2) is 67.0 Å². The van der Waals surface area contributed by atoms with E-state index < -0.39 is 11.1 Å². The number of aryl methyl sites for hydroxylation is 1. The number of carbonyl (C=O) groups excluding carboxylic acids is 1. The quantitative estimate of drug-likeness (QED) is 0.138. The number of nitriles is 1. The van der Waals surface area contributed by atoms with E-state index in [9.17, 15) is 10.1 Å². The first-order valence-corrected chi connectivity index (χ1v) is 18.6. The van der Waals surface area contributed by atoms with E-state index in [2.05, 4.69) is 78.6 Å². The second-order valence-electron chi connectivity index (χ2n) is 15.6. The summed E-state index contributed by atoms with van der Waals surface area (Å²) in [6.45, 7) is 16.0. The molecule has 0 radical (unpaired) electrons. The van der Waals surface area contributed by atoms with E-state index >= 15 is 0 Å². The van der Waals surface area contributed by atoms with Gasteiger partial charge in [-0.1, -0.05) is 30.3 Å². The summed E-state index contributed by atoms with van der Waals surface area (Å²) in [4.78, 5) is 19.4. The number of piperidine rings is 1. The molecule has 1 aromatic heterocycles. The second kappa shape index (κ2) is 16.0. The topological polar surface area (TPSA) is 106 Å². The molecular weight excluding hydrogens is 665 g/mol. The van der Waals surface area contributed by atoms with Crippen LogP contribution < -0.4 is 19.5 Å². The maximum absolute atomic E-state index is 12.8. The Morgan fingerprint density at radius 1 is 0.925 bits per heavy atom. The highest BCUT2D eigenvalue weighted by Gasteiger charge is 2.49. The second-order valence-corrected chi connectivity index (χ2v) is 15.6. The normalized spacial score (nSPS) is 19.7. The molecule has 3 heterocycles. The molecule has 0 aliphatic carbocycles. The van der Waals surface area contributed by atoms with Crippen molar-refractivity contribution in [2.75, 3.05) is 26.7 Å². The highest BCUT2D eigenvalue weighted by atomic mass is 16.6. The molecule has 53 heavy (non-hydrogen) atoms. The van der Waals surface area contributed by atoms with Crippen molar-refractivity contribution in [3.05, 3.63) is 106 Å². The SMILES string of the molecule is Cc1cc(CNC2(C)CC(C)(C)OC2=O)c(OCc2cncc(C#N)c2)cc1OCc1cccc(-c2cccc(OCC3CCCN(C)C3)c2C)c1C. The van der Waals surface area contributed by atoms with Crippen LogP contribution in [0.5, 0.6) is 17.2 Å². The number of pyridine rings is 1. The third-order valence-corrected chi connectivity index (χ3v) is 10.5. The Hall–Kier alpha value is -4.91. The van der Waals surface area contributed by atoms with Crippen LogP contribution in [0.25, 0.3) is 11.1 Å². The van der Waals surface area contributed by atoms with E-state index in [0.29, 0.717) is 42.6 Å². The lowest BCUT2D eigenvalue weighted by molar-refractivity contribution is -0.149. The lowest BCUT2D eigenvalue weighted by Crippen LogP contribution is -2.46. The summed E-state index contributed by atoms with van der Waals surface area (Å²) in [6.07, 6.45) is 6.20. The van der Waals surface area contributed by atoms with Gasteiger partial charge in [0.2, 0.25) is 0 Å². The van der Waals surface area contributed by atoms with Gasteiger partial charge in [-0.05, 0) is 120 Å². The van der Waals surface area contributed by atoms with Crippen molar-refractivity contribution in [1.82, 2.24) is 15.2 Å². The molecule has 9 heteroatoms. The fourth-order valence-corrected chi connectivity index (χ4v) is 7.66. The number of esters is 1. The molecule has 0 saturated carbocycles. The number of benzene rings is 3. The van der Waals surface area contributed by atoms with E-state index in [1.54, 1.807) is 12.3 Å². The Balaban J connectivity index is 1.21. The zero-order chi connectivity index (χ0) is 37.8. The molecule has 9 nitrogen and oxygen atoms in total. The van der Waals surface area contributed by atoms with Gasteiger partial charge in [0, 0.05) is 55.0 Å². The number of aromatic nitrogens is 1. The van der Waals surface area contributed by atoms with Gasteiger partial charge in [0.15, 0.2) is 0 Å². The van der Waals surface area contributed by atoms with E-state index in [0.717, 1.165) is 70.0 Å². The van der Waals surface area contributed by atoms with Gasteiger partial charge in [0.05, 0.1) is 12.2 Å². The molecule has 2 atom stereocenters. The highest BCUT2D eigenvalue weighted by molar-refractivity contribution is 5.83. The minimum Gasteiger partial charge on any atom is -0.493 e. The van der Waals surface area contributed by atoms with E-state index in [4.69, 9.17) is 18.9 Å². The molecule has 0 spiro atoms. The van der Waals surface area contributed by atoms with Crippen molar-refractivity contribution in [2.24, 2.45) is 5.92 Å². The Kier molecular flexibility index (Phi) is 11.4. The maximum Gasteiger partial charge on any atom is 0.326 e. The third-order valence-electron chi connectivity index (χ3n) is 10.5. The minimum atomic E-state index is -0.826. The van der Waals surface area contributed by atoms with Crippen LogP contribution in [-0.4, -0.2) is 53.7 Å². The average molecular weight is 717 g/mol. The molecule has 2 fully saturated rings. The Morgan fingerprint density at radius 2 is 1.68 bits per heavy atom. The molecule has 3 aromatic carbocycles. The van der Waals surface area contributed by atoms with Crippen molar-refractivity contribution in [2.45, 2.75) is 91.7 Å². The van der Waals surface area contributed by atoms with Crippen molar-refractivity contribution in [1.29, 1.82) is 5.26 Å². The number of carbonyl (C=O) groups is 1. The predicted octanol–water partition coefficient (Wildman–Crippen LogP) is 8.00. The van der Waals surface area contributed by atoms with Gasteiger partial charge < -0.3 is 23.8 Å². The minimum absolute atomic E-state index is 0.214. The smallest absolute Gasteiger partial charge is 0.326 e. The molecule has 0 amide bonds. The fraction of sp³-hybridized carbons (Fsp3) is 0.432. The Bertz CT molecular complexity index is 2000. The number of likely N-dealkylation sites (tertiary alicyclic amines) is 1. The van der Waals surface area contributed by atoms with Crippen LogP contribution in [0.3, 0.4) is 0 Å². The standard InChI is InChI=1S/C44H52N4O5/c1-29-17-36(23-47-44(6)28-43(4,5)53-42(44)49)41(51-26-34-18-33(20-45)21-46-22-34)19-40(29)52-27-35-12-8-13-37(30(35)2)38-14-9-15-39(31(38)3)50-25-32-11-10-16-48(7)24-32/h8-9,12-15,17-19,21-22,32,47H,10-11,16,23-28H2,1-7H3. The number of hydrogen-bond acceptors (Lipinski definition) is 9. The van der Waals surface area contributed by atoms with Crippen LogP contribution in [-0.2, 0) is 29.3 Å². The van der Waals surface area contributed by atoms with Gasteiger partial charge in [0.1, 0.15) is 47.7 Å². The van der Waals surface area contributed by atoms with E-state index in [-0.39, 0.29) is 12.6 Å². The molecule has 4 aromatic rings. The molecule has 6 rings (SSSR count). The largest absolute Gasteiger partial charge is 0.493 e. The highest BCUT2D eigenvalue weighted by Crippen LogP contribution is 2.37. The van der Waals surface area contributed by atoms with Gasteiger partial charge in [-0.25, -0.2) is 0 Å². The zero-order valence-corrected chi connectivity index (χ0v) is 32.2. The van der Waals surface area contributed by atoms with Gasteiger partial charge in [0.25, 0.3) is 0 Å². The molecule has 0 bridgehead atoms. The summed E-state index contributed by atoms with van der Waals surface area (Å²) in [6, 6.07) is 20.5. The van der Waals surface area contributed by atoms with Crippen molar-refractivity contribution in [3.8, 4) is 34.4 Å². The van der Waals surface area contributed by atoms with Crippen LogP contribution in [0.1, 0.15) is 79.0 Å². The summed E-state index contributed by atoms with van der Waals surface area (Å²) in [7, 11) is 2.19. The summed E-state index contributed by atoms with van der Waals surface area (Å²) < 4.78 is 24.9. The van der Waals surface area contributed by atoms with Crippen molar-refractivity contribution >= 4 is 5.97 Å². The molecule has 2 unspecified atom stereocenters.